The van der Waals surface area contributed by atoms with Crippen LogP contribution in [-0.4, -0.2) is 9.97 Å². The molecule has 0 unspecified atom stereocenters. The molecule has 14 heavy (non-hydrogen) atoms. The van der Waals surface area contributed by atoms with Gasteiger partial charge in [0.25, 0.3) is 0 Å². The minimum atomic E-state index is 0.803. The molecule has 0 fully saturated rings. The number of aromatic nitrogens is 2. The summed E-state index contributed by atoms with van der Waals surface area (Å²) in [4.78, 5) is 7.34. The predicted molar refractivity (Wildman–Crippen MR) is 57.1 cm³/mol. The smallest absolute Gasteiger partial charge is 0.0551 e. The van der Waals surface area contributed by atoms with Crippen LogP contribution in [0.25, 0.3) is 0 Å². The maximum absolute atomic E-state index is 4.21. The third kappa shape index (κ3) is 2.13. The van der Waals surface area contributed by atoms with Crippen molar-refractivity contribution < 1.29 is 0 Å². The highest BCUT2D eigenvalue weighted by atomic mass is 14.9. The molecule has 0 bridgehead atoms. The van der Waals surface area contributed by atoms with Crippen LogP contribution in [0, 0.1) is 6.92 Å². The third-order valence-electron chi connectivity index (χ3n) is 2.06. The number of hydrogen-bond acceptors (Lipinski definition) is 2. The van der Waals surface area contributed by atoms with E-state index >= 15 is 0 Å². The molecule has 0 spiro atoms. The summed E-state index contributed by atoms with van der Waals surface area (Å²) in [5, 5.41) is 3.28. The second-order valence-electron chi connectivity index (χ2n) is 3.24. The first kappa shape index (κ1) is 8.81. The highest BCUT2D eigenvalue weighted by Gasteiger charge is 1.93. The fourth-order valence-electron chi connectivity index (χ4n) is 1.25. The summed E-state index contributed by atoms with van der Waals surface area (Å²) in [7, 11) is 0. The molecule has 0 saturated carbocycles. The Hall–Kier alpha value is -1.77. The fraction of sp³-hybridized carbons (Fsp3) is 0.182. The maximum Gasteiger partial charge on any atom is 0.0551 e. The summed E-state index contributed by atoms with van der Waals surface area (Å²) in [6, 6.07) is 8.07. The Kier molecular flexibility index (Phi) is 2.49. The summed E-state index contributed by atoms with van der Waals surface area (Å²) in [6.07, 6.45) is 3.77. The summed E-state index contributed by atoms with van der Waals surface area (Å²) >= 11 is 0. The van der Waals surface area contributed by atoms with E-state index in [2.05, 4.69) is 21.4 Å². The number of aryl methyl sites for hydroxylation is 1. The van der Waals surface area contributed by atoms with Crippen LogP contribution in [0.3, 0.4) is 0 Å². The number of aromatic amines is 1. The highest BCUT2D eigenvalue weighted by molar-refractivity contribution is 5.41. The molecule has 72 valence electrons. The van der Waals surface area contributed by atoms with Gasteiger partial charge in [0.2, 0.25) is 0 Å². The Labute approximate surface area is 83.2 Å². The lowest BCUT2D eigenvalue weighted by molar-refractivity contribution is 1.06. The van der Waals surface area contributed by atoms with Crippen LogP contribution in [0.1, 0.15) is 11.4 Å². The van der Waals surface area contributed by atoms with E-state index in [1.165, 1.54) is 5.69 Å². The van der Waals surface area contributed by atoms with Crippen molar-refractivity contribution >= 4 is 5.69 Å². The predicted octanol–water partition coefficient (Wildman–Crippen LogP) is 2.33. The molecule has 0 atom stereocenters. The Morgan fingerprint density at radius 1 is 1.36 bits per heavy atom. The molecule has 2 N–H and O–H groups in total. The standard InChI is InChI=1S/C11H13N3/c1-9-4-5-11(7-13-9)14-8-10-3-2-6-12-10/h2-7,12,14H,8H2,1H3. The van der Waals surface area contributed by atoms with Gasteiger partial charge in [-0.2, -0.15) is 0 Å². The molecule has 3 nitrogen and oxygen atoms in total. The van der Waals surface area contributed by atoms with Crippen molar-refractivity contribution in [1.29, 1.82) is 0 Å². The van der Waals surface area contributed by atoms with E-state index in [4.69, 9.17) is 0 Å². The molecule has 0 aliphatic heterocycles. The summed E-state index contributed by atoms with van der Waals surface area (Å²) in [5.74, 6) is 0. The molecule has 2 aromatic heterocycles. The fourth-order valence-corrected chi connectivity index (χ4v) is 1.25. The molecular formula is C11H13N3. The lowest BCUT2D eigenvalue weighted by atomic mass is 10.3. The SMILES string of the molecule is Cc1ccc(NCc2ccc[nH]2)cn1. The largest absolute Gasteiger partial charge is 0.378 e. The number of pyridine rings is 1. The zero-order chi connectivity index (χ0) is 9.80. The molecule has 0 aliphatic rings. The Morgan fingerprint density at radius 2 is 2.29 bits per heavy atom. The van der Waals surface area contributed by atoms with Crippen molar-refractivity contribution in [1.82, 2.24) is 9.97 Å². The van der Waals surface area contributed by atoms with E-state index in [0.717, 1.165) is 17.9 Å². The average Bonchev–Trinajstić information content (AvgIpc) is 2.70. The number of hydrogen-bond donors (Lipinski definition) is 2. The van der Waals surface area contributed by atoms with Crippen molar-refractivity contribution in [2.75, 3.05) is 5.32 Å². The van der Waals surface area contributed by atoms with E-state index in [1.54, 1.807) is 0 Å². The minimum Gasteiger partial charge on any atom is -0.378 e. The second kappa shape index (κ2) is 3.96. The van der Waals surface area contributed by atoms with Crippen molar-refractivity contribution in [3.05, 3.63) is 48.0 Å². The van der Waals surface area contributed by atoms with Crippen molar-refractivity contribution in [2.45, 2.75) is 13.5 Å². The van der Waals surface area contributed by atoms with Crippen molar-refractivity contribution in [3.8, 4) is 0 Å². The second-order valence-corrected chi connectivity index (χ2v) is 3.24. The van der Waals surface area contributed by atoms with Crippen LogP contribution in [-0.2, 0) is 6.54 Å². The quantitative estimate of drug-likeness (QED) is 0.774. The first-order valence-corrected chi connectivity index (χ1v) is 4.63. The number of rotatable bonds is 3. The Morgan fingerprint density at radius 3 is 2.93 bits per heavy atom. The molecule has 0 aromatic carbocycles. The average molecular weight is 187 g/mol. The number of nitrogens with one attached hydrogen (secondary N) is 2. The van der Waals surface area contributed by atoms with Gasteiger partial charge in [0.15, 0.2) is 0 Å². The first-order valence-electron chi connectivity index (χ1n) is 4.63. The lowest BCUT2D eigenvalue weighted by Crippen LogP contribution is -1.99. The van der Waals surface area contributed by atoms with Gasteiger partial charge in [-0.05, 0) is 31.2 Å². The third-order valence-corrected chi connectivity index (χ3v) is 2.06. The van der Waals surface area contributed by atoms with Crippen LogP contribution in [0.15, 0.2) is 36.7 Å². The van der Waals surface area contributed by atoms with Gasteiger partial charge >= 0.3 is 0 Å². The zero-order valence-corrected chi connectivity index (χ0v) is 8.12. The van der Waals surface area contributed by atoms with Crippen LogP contribution in [0.4, 0.5) is 5.69 Å². The minimum absolute atomic E-state index is 0.803. The molecule has 0 amide bonds. The number of H-pyrrole nitrogens is 1. The van der Waals surface area contributed by atoms with Gasteiger partial charge in [-0.15, -0.1) is 0 Å². The Bertz CT molecular complexity index is 375. The number of anilines is 1. The van der Waals surface area contributed by atoms with Crippen LogP contribution in [0.5, 0.6) is 0 Å². The van der Waals surface area contributed by atoms with Gasteiger partial charge in [0.05, 0.1) is 18.4 Å². The lowest BCUT2D eigenvalue weighted by Gasteiger charge is -2.04. The van der Waals surface area contributed by atoms with E-state index < -0.39 is 0 Å². The molecule has 2 rings (SSSR count). The van der Waals surface area contributed by atoms with Gasteiger partial charge < -0.3 is 10.3 Å². The zero-order valence-electron chi connectivity index (χ0n) is 8.12. The van der Waals surface area contributed by atoms with Gasteiger partial charge in [-0.1, -0.05) is 0 Å². The van der Waals surface area contributed by atoms with Crippen LogP contribution >= 0.6 is 0 Å². The summed E-state index contributed by atoms with van der Waals surface area (Å²) < 4.78 is 0. The molecule has 3 heteroatoms. The summed E-state index contributed by atoms with van der Waals surface area (Å²) in [5.41, 5.74) is 3.26. The van der Waals surface area contributed by atoms with Crippen molar-refractivity contribution in [2.24, 2.45) is 0 Å². The molecule has 2 aromatic rings. The van der Waals surface area contributed by atoms with E-state index in [0.29, 0.717) is 0 Å². The first-order chi connectivity index (χ1) is 6.84. The Balaban J connectivity index is 1.95. The molecule has 0 saturated heterocycles. The monoisotopic (exact) mass is 187 g/mol. The van der Waals surface area contributed by atoms with E-state index in [-0.39, 0.29) is 0 Å². The molecule has 0 radical (unpaired) electrons. The normalized spacial score (nSPS) is 10.1. The maximum atomic E-state index is 4.21. The van der Waals surface area contributed by atoms with Crippen molar-refractivity contribution in [3.63, 3.8) is 0 Å². The highest BCUT2D eigenvalue weighted by Crippen LogP contribution is 2.07. The molecular weight excluding hydrogens is 174 g/mol. The van der Waals surface area contributed by atoms with Gasteiger partial charge in [-0.3, -0.25) is 4.98 Å². The van der Waals surface area contributed by atoms with Crippen LogP contribution < -0.4 is 5.32 Å². The van der Waals surface area contributed by atoms with E-state index in [1.807, 2.05) is 37.5 Å². The molecule has 2 heterocycles. The van der Waals surface area contributed by atoms with Crippen LogP contribution in [0.2, 0.25) is 0 Å². The van der Waals surface area contributed by atoms with Gasteiger partial charge in [-0.25, -0.2) is 0 Å². The van der Waals surface area contributed by atoms with Gasteiger partial charge in [0.1, 0.15) is 0 Å². The van der Waals surface area contributed by atoms with E-state index in [9.17, 15) is 0 Å². The van der Waals surface area contributed by atoms with Gasteiger partial charge in [0, 0.05) is 17.6 Å². The topological polar surface area (TPSA) is 40.7 Å². The summed E-state index contributed by atoms with van der Waals surface area (Å²) in [6.45, 7) is 2.78. The number of nitrogens with zero attached hydrogens (tertiary/aromatic N) is 1. The molecule has 0 aliphatic carbocycles.